The van der Waals surface area contributed by atoms with Crippen LogP contribution < -0.4 is 11.1 Å². The fraction of sp³-hybridized carbons (Fsp3) is 0.138. The number of hydrogen-bond donors (Lipinski definition) is 2. The Labute approximate surface area is 241 Å². The third-order valence-electron chi connectivity index (χ3n) is 6.71. The summed E-state index contributed by atoms with van der Waals surface area (Å²) in [6.07, 6.45) is 2.21. The Morgan fingerprint density at radius 1 is 1.00 bits per heavy atom. The van der Waals surface area contributed by atoms with Crippen molar-refractivity contribution in [2.24, 2.45) is 5.73 Å². The van der Waals surface area contributed by atoms with Crippen LogP contribution in [0.3, 0.4) is 0 Å². The van der Waals surface area contributed by atoms with Crippen LogP contribution in [0.5, 0.6) is 0 Å². The molecule has 3 N–H and O–H groups in total. The molecule has 2 aromatic heterocycles. The van der Waals surface area contributed by atoms with Gasteiger partial charge >= 0.3 is 5.97 Å². The smallest absolute Gasteiger partial charge is 0.356 e. The summed E-state index contributed by atoms with van der Waals surface area (Å²) in [6, 6.07) is 22.5. The molecule has 6 rings (SSSR count). The predicted molar refractivity (Wildman–Crippen MR) is 154 cm³/mol. The van der Waals surface area contributed by atoms with Crippen LogP contribution >= 0.6 is 11.3 Å². The van der Waals surface area contributed by atoms with Crippen molar-refractivity contribution in [3.05, 3.63) is 119 Å². The molecule has 0 radical (unpaired) electrons. The fourth-order valence-electron chi connectivity index (χ4n) is 4.73. The number of anilines is 1. The van der Waals surface area contributed by atoms with E-state index in [1.54, 1.807) is 18.2 Å². The number of rotatable bonds is 7. The number of hydrogen-bond acceptors (Lipinski definition) is 9. The number of nitrogens with zero attached hydrogens (tertiary/aromatic N) is 3. The van der Waals surface area contributed by atoms with Gasteiger partial charge in [-0.05, 0) is 23.3 Å². The SMILES string of the molecule is NC1C(=O)N2C(C(=O)OC(c3ccccc3)c3ccccc3)=C(c3cnc(NC(=O)c4ccccn4)s3)CS(=O)C12. The molecule has 3 atom stereocenters. The molecule has 4 aromatic rings. The first kappa shape index (κ1) is 26.7. The number of benzene rings is 2. The van der Waals surface area contributed by atoms with Gasteiger partial charge in [0.05, 0.1) is 21.4 Å². The zero-order valence-corrected chi connectivity index (χ0v) is 23.0. The maximum absolute atomic E-state index is 13.9. The quantitative estimate of drug-likeness (QED) is 0.249. The Kier molecular flexibility index (Phi) is 7.26. The number of nitrogens with two attached hydrogens (primary N) is 1. The predicted octanol–water partition coefficient (Wildman–Crippen LogP) is 3.09. The van der Waals surface area contributed by atoms with E-state index < -0.39 is 46.1 Å². The second-order valence-electron chi connectivity index (χ2n) is 9.28. The zero-order chi connectivity index (χ0) is 28.5. The standard InChI is InChI=1S/C29H23N5O5S2/c30-22-26(36)34-23(28(37)39-24(17-9-3-1-4-10-17)18-11-5-2-6-12-18)19(16-41(38)27(22)34)21-15-32-29(40-21)33-25(35)20-13-7-8-14-31-20/h1-15,22,24,27H,16,30H2,(H,32,33,35). The first-order chi connectivity index (χ1) is 19.9. The van der Waals surface area contributed by atoms with Gasteiger partial charge in [0.25, 0.3) is 5.91 Å². The molecule has 1 saturated heterocycles. The molecular formula is C29H23N5O5S2. The monoisotopic (exact) mass is 585 g/mol. The maximum atomic E-state index is 13.9. The molecule has 3 unspecified atom stereocenters. The lowest BCUT2D eigenvalue weighted by Crippen LogP contribution is -2.71. The molecule has 0 bridgehead atoms. The van der Waals surface area contributed by atoms with Crippen molar-refractivity contribution in [2.45, 2.75) is 17.5 Å². The maximum Gasteiger partial charge on any atom is 0.356 e. The van der Waals surface area contributed by atoms with Crippen LogP contribution in [0.2, 0.25) is 0 Å². The molecule has 2 aromatic carbocycles. The van der Waals surface area contributed by atoms with Crippen LogP contribution in [0.1, 0.15) is 32.6 Å². The summed E-state index contributed by atoms with van der Waals surface area (Å²) in [5, 5.41) is 2.10. The minimum atomic E-state index is -1.57. The average molecular weight is 586 g/mol. The van der Waals surface area contributed by atoms with Gasteiger partial charge in [-0.2, -0.15) is 0 Å². The van der Waals surface area contributed by atoms with Crippen LogP contribution in [-0.2, 0) is 25.1 Å². The van der Waals surface area contributed by atoms with Crippen molar-refractivity contribution in [3.8, 4) is 0 Å². The highest BCUT2D eigenvalue weighted by atomic mass is 32.2. The molecule has 0 saturated carbocycles. The van der Waals surface area contributed by atoms with Crippen molar-refractivity contribution in [1.82, 2.24) is 14.9 Å². The number of carbonyl (C=O) groups is 3. The number of ether oxygens (including phenoxy) is 1. The lowest BCUT2D eigenvalue weighted by atomic mass is 10.0. The number of thiazole rings is 1. The molecule has 2 aliphatic heterocycles. The van der Waals surface area contributed by atoms with Gasteiger partial charge in [0, 0.05) is 18.0 Å². The lowest BCUT2D eigenvalue weighted by Gasteiger charge is -2.47. The minimum Gasteiger partial charge on any atom is -0.448 e. The number of nitrogens with one attached hydrogen (secondary N) is 1. The number of β-lactam (4-membered cyclic amide) rings is 1. The van der Waals surface area contributed by atoms with E-state index in [0.717, 1.165) is 22.5 Å². The van der Waals surface area contributed by atoms with Crippen molar-refractivity contribution in [1.29, 1.82) is 0 Å². The molecular weight excluding hydrogens is 562 g/mol. The third-order valence-corrected chi connectivity index (χ3v) is 9.30. The molecule has 41 heavy (non-hydrogen) atoms. The normalized spacial score (nSPS) is 19.9. The molecule has 10 nitrogen and oxygen atoms in total. The Balaban J connectivity index is 1.37. The molecule has 0 aliphatic carbocycles. The van der Waals surface area contributed by atoms with Crippen LogP contribution in [0, 0.1) is 0 Å². The first-order valence-corrected chi connectivity index (χ1v) is 14.8. The highest BCUT2D eigenvalue weighted by Gasteiger charge is 2.55. The van der Waals surface area contributed by atoms with Crippen molar-refractivity contribution in [3.63, 3.8) is 0 Å². The number of fused-ring (bicyclic) bond motifs is 1. The van der Waals surface area contributed by atoms with Gasteiger partial charge in [0.15, 0.2) is 11.2 Å². The van der Waals surface area contributed by atoms with E-state index >= 15 is 0 Å². The van der Waals surface area contributed by atoms with Crippen LogP contribution in [0.4, 0.5) is 5.13 Å². The number of aromatic nitrogens is 2. The molecule has 2 amide bonds. The lowest BCUT2D eigenvalue weighted by molar-refractivity contribution is -0.152. The van der Waals surface area contributed by atoms with E-state index in [4.69, 9.17) is 10.5 Å². The van der Waals surface area contributed by atoms with Gasteiger partial charge in [0.1, 0.15) is 22.8 Å². The Hall–Kier alpha value is -4.52. The zero-order valence-electron chi connectivity index (χ0n) is 21.4. The van der Waals surface area contributed by atoms with E-state index in [9.17, 15) is 18.6 Å². The van der Waals surface area contributed by atoms with E-state index in [-0.39, 0.29) is 22.3 Å². The summed E-state index contributed by atoms with van der Waals surface area (Å²) in [5.41, 5.74) is 8.00. The van der Waals surface area contributed by atoms with E-state index in [2.05, 4.69) is 15.3 Å². The van der Waals surface area contributed by atoms with Crippen LogP contribution in [-0.4, -0.2) is 54.0 Å². The van der Waals surface area contributed by atoms with Gasteiger partial charge < -0.3 is 10.5 Å². The molecule has 2 aliphatic rings. The van der Waals surface area contributed by atoms with E-state index in [1.165, 1.54) is 17.3 Å². The summed E-state index contributed by atoms with van der Waals surface area (Å²) in [7, 11) is -1.57. The number of amides is 2. The average Bonchev–Trinajstić information content (AvgIpc) is 3.48. The number of esters is 1. The highest BCUT2D eigenvalue weighted by molar-refractivity contribution is 7.86. The summed E-state index contributed by atoms with van der Waals surface area (Å²) >= 11 is 1.09. The number of carbonyl (C=O) groups excluding carboxylic acids is 3. The fourth-order valence-corrected chi connectivity index (χ4v) is 7.31. The Morgan fingerprint density at radius 3 is 2.29 bits per heavy atom. The summed E-state index contributed by atoms with van der Waals surface area (Å²) in [5.74, 6) is -1.77. The number of pyridine rings is 1. The van der Waals surface area contributed by atoms with Gasteiger partial charge in [-0.15, -0.1) is 0 Å². The van der Waals surface area contributed by atoms with Gasteiger partial charge in [-0.3, -0.25) is 29.0 Å². The minimum absolute atomic E-state index is 0.0237. The molecule has 206 valence electrons. The summed E-state index contributed by atoms with van der Waals surface area (Å²) in [4.78, 5) is 49.4. The highest BCUT2D eigenvalue weighted by Crippen LogP contribution is 2.41. The van der Waals surface area contributed by atoms with E-state index in [0.29, 0.717) is 10.5 Å². The van der Waals surface area contributed by atoms with Crippen molar-refractivity contribution in [2.75, 3.05) is 11.1 Å². The van der Waals surface area contributed by atoms with E-state index in [1.807, 2.05) is 60.7 Å². The van der Waals surface area contributed by atoms with Crippen LogP contribution in [0.25, 0.3) is 5.57 Å². The molecule has 12 heteroatoms. The third kappa shape index (κ3) is 5.08. The van der Waals surface area contributed by atoms with Crippen molar-refractivity contribution < 1.29 is 23.3 Å². The Morgan fingerprint density at radius 2 is 1.66 bits per heavy atom. The van der Waals surface area contributed by atoms with Crippen molar-refractivity contribution >= 4 is 50.6 Å². The summed E-state index contributed by atoms with van der Waals surface area (Å²) in [6.45, 7) is 0. The topological polar surface area (TPSA) is 145 Å². The summed E-state index contributed by atoms with van der Waals surface area (Å²) < 4.78 is 19.2. The second-order valence-corrected chi connectivity index (χ2v) is 11.8. The van der Waals surface area contributed by atoms with Gasteiger partial charge in [-0.25, -0.2) is 9.78 Å². The molecule has 1 fully saturated rings. The Bertz CT molecular complexity index is 1640. The van der Waals surface area contributed by atoms with Gasteiger partial charge in [-0.1, -0.05) is 78.1 Å². The van der Waals surface area contributed by atoms with Crippen LogP contribution in [0.15, 0.2) is 97.0 Å². The first-order valence-electron chi connectivity index (χ1n) is 12.6. The second kappa shape index (κ2) is 11.2. The largest absolute Gasteiger partial charge is 0.448 e. The molecule has 4 heterocycles. The van der Waals surface area contributed by atoms with Gasteiger partial charge in [0.2, 0.25) is 5.91 Å². The molecule has 0 spiro atoms.